The Hall–Kier alpha value is -1.09. The van der Waals surface area contributed by atoms with Crippen LogP contribution in [0.3, 0.4) is 0 Å². The van der Waals surface area contributed by atoms with E-state index in [-0.39, 0.29) is 5.82 Å². The van der Waals surface area contributed by atoms with Gasteiger partial charge >= 0.3 is 0 Å². The summed E-state index contributed by atoms with van der Waals surface area (Å²) >= 11 is 0. The molecular weight excluding hydrogens is 183 g/mol. The molecule has 2 nitrogen and oxygen atoms in total. The lowest BCUT2D eigenvalue weighted by Crippen LogP contribution is -2.11. The van der Waals surface area contributed by atoms with Gasteiger partial charge in [0.1, 0.15) is 11.6 Å². The van der Waals surface area contributed by atoms with E-state index in [2.05, 4.69) is 0 Å². The molecule has 0 fully saturated rings. The summed E-state index contributed by atoms with van der Waals surface area (Å²) in [5.41, 5.74) is 1.33. The Labute approximate surface area is 82.3 Å². The Kier molecular flexibility index (Phi) is 2.42. The molecule has 1 aromatic rings. The standard InChI is InChI=1S/C11H13FO2/c1-14-7-5-9-8(10(12)6-7)3-2-4-11(9)13/h5-6,11,13H,2-4H2,1H3/t11-/m0/s1. The first-order chi connectivity index (χ1) is 6.72. The molecule has 1 N–H and O–H groups in total. The Morgan fingerprint density at radius 2 is 2.29 bits per heavy atom. The largest absolute Gasteiger partial charge is 0.497 e. The van der Waals surface area contributed by atoms with E-state index in [1.165, 1.54) is 13.2 Å². The topological polar surface area (TPSA) is 29.5 Å². The second-order valence-electron chi connectivity index (χ2n) is 3.59. The third-order valence-corrected chi connectivity index (χ3v) is 2.70. The van der Waals surface area contributed by atoms with Gasteiger partial charge in [0.25, 0.3) is 0 Å². The number of methoxy groups -OCH3 is 1. The van der Waals surface area contributed by atoms with E-state index in [4.69, 9.17) is 4.74 Å². The number of halogens is 1. The van der Waals surface area contributed by atoms with Gasteiger partial charge in [0.2, 0.25) is 0 Å². The molecule has 1 aromatic carbocycles. The van der Waals surface area contributed by atoms with Gasteiger partial charge in [0, 0.05) is 6.07 Å². The van der Waals surface area contributed by atoms with Crippen LogP contribution in [0.2, 0.25) is 0 Å². The number of benzene rings is 1. The SMILES string of the molecule is COc1cc(F)c2c(c1)[C@@H](O)CCC2. The number of aliphatic hydroxyl groups is 1. The molecule has 1 aliphatic rings. The molecule has 0 bridgehead atoms. The molecule has 76 valence electrons. The average molecular weight is 196 g/mol. The lowest BCUT2D eigenvalue weighted by Gasteiger charge is -2.22. The highest BCUT2D eigenvalue weighted by molar-refractivity contribution is 5.39. The monoisotopic (exact) mass is 196 g/mol. The third kappa shape index (κ3) is 1.48. The minimum Gasteiger partial charge on any atom is -0.497 e. The van der Waals surface area contributed by atoms with Gasteiger partial charge in [-0.2, -0.15) is 0 Å². The van der Waals surface area contributed by atoms with Crippen molar-refractivity contribution < 1.29 is 14.2 Å². The number of aliphatic hydroxyl groups excluding tert-OH is 1. The van der Waals surface area contributed by atoms with Crippen LogP contribution in [0.4, 0.5) is 4.39 Å². The quantitative estimate of drug-likeness (QED) is 0.746. The summed E-state index contributed by atoms with van der Waals surface area (Å²) in [6, 6.07) is 3.10. The van der Waals surface area contributed by atoms with Crippen LogP contribution >= 0.6 is 0 Å². The Morgan fingerprint density at radius 3 is 3.00 bits per heavy atom. The predicted molar refractivity (Wildman–Crippen MR) is 50.8 cm³/mol. The average Bonchev–Trinajstić information content (AvgIpc) is 2.19. The van der Waals surface area contributed by atoms with Crippen LogP contribution < -0.4 is 4.74 Å². The summed E-state index contributed by atoms with van der Waals surface area (Å²) < 4.78 is 18.5. The molecular formula is C11H13FO2. The van der Waals surface area contributed by atoms with Crippen molar-refractivity contribution in [3.63, 3.8) is 0 Å². The summed E-state index contributed by atoms with van der Waals surface area (Å²) in [5.74, 6) is 0.209. The zero-order valence-electron chi connectivity index (χ0n) is 8.09. The molecule has 3 heteroatoms. The van der Waals surface area contributed by atoms with Crippen LogP contribution in [0.25, 0.3) is 0 Å². The molecule has 0 aromatic heterocycles. The minimum absolute atomic E-state index is 0.266. The predicted octanol–water partition coefficient (Wildman–Crippen LogP) is 2.20. The van der Waals surface area contributed by atoms with E-state index in [1.54, 1.807) is 6.07 Å². The number of hydrogen-bond acceptors (Lipinski definition) is 2. The molecule has 0 amide bonds. The highest BCUT2D eigenvalue weighted by Crippen LogP contribution is 2.33. The van der Waals surface area contributed by atoms with E-state index < -0.39 is 6.10 Å². The summed E-state index contributed by atoms with van der Waals surface area (Å²) in [6.07, 6.45) is 1.72. The third-order valence-electron chi connectivity index (χ3n) is 2.70. The summed E-state index contributed by atoms with van der Waals surface area (Å²) in [6.45, 7) is 0. The summed E-state index contributed by atoms with van der Waals surface area (Å²) in [5, 5.41) is 9.68. The van der Waals surface area contributed by atoms with Gasteiger partial charge in [-0.05, 0) is 36.5 Å². The molecule has 1 atom stereocenters. The molecule has 0 radical (unpaired) electrons. The van der Waals surface area contributed by atoms with Gasteiger partial charge in [0.05, 0.1) is 13.2 Å². The first kappa shape index (κ1) is 9.46. The van der Waals surface area contributed by atoms with Gasteiger partial charge in [-0.3, -0.25) is 0 Å². The molecule has 0 spiro atoms. The minimum atomic E-state index is -0.539. The zero-order valence-corrected chi connectivity index (χ0v) is 8.09. The van der Waals surface area contributed by atoms with Crippen LogP contribution in [-0.4, -0.2) is 12.2 Å². The Morgan fingerprint density at radius 1 is 1.50 bits per heavy atom. The van der Waals surface area contributed by atoms with Crippen molar-refractivity contribution in [1.82, 2.24) is 0 Å². The molecule has 2 rings (SSSR count). The van der Waals surface area contributed by atoms with Gasteiger partial charge in [-0.1, -0.05) is 0 Å². The number of ether oxygens (including phenoxy) is 1. The van der Waals surface area contributed by atoms with Crippen LogP contribution in [0.15, 0.2) is 12.1 Å². The summed E-state index contributed by atoms with van der Waals surface area (Å²) in [4.78, 5) is 0. The van der Waals surface area contributed by atoms with Crippen LogP contribution in [0.1, 0.15) is 30.1 Å². The van der Waals surface area contributed by atoms with Crippen molar-refractivity contribution in [2.45, 2.75) is 25.4 Å². The fourth-order valence-corrected chi connectivity index (χ4v) is 1.94. The van der Waals surface area contributed by atoms with E-state index in [1.807, 2.05) is 0 Å². The first-order valence-electron chi connectivity index (χ1n) is 4.76. The molecule has 0 unspecified atom stereocenters. The van der Waals surface area contributed by atoms with Gasteiger partial charge in [-0.25, -0.2) is 4.39 Å². The van der Waals surface area contributed by atoms with Crippen LogP contribution in [0, 0.1) is 5.82 Å². The number of hydrogen-bond donors (Lipinski definition) is 1. The molecule has 0 aliphatic heterocycles. The van der Waals surface area contributed by atoms with Crippen molar-refractivity contribution >= 4 is 0 Å². The maximum atomic E-state index is 13.5. The molecule has 0 saturated carbocycles. The molecule has 14 heavy (non-hydrogen) atoms. The van der Waals surface area contributed by atoms with Crippen LogP contribution in [0.5, 0.6) is 5.75 Å². The number of rotatable bonds is 1. The second-order valence-corrected chi connectivity index (χ2v) is 3.59. The molecule has 0 saturated heterocycles. The van der Waals surface area contributed by atoms with E-state index in [9.17, 15) is 9.50 Å². The van der Waals surface area contributed by atoms with E-state index >= 15 is 0 Å². The van der Waals surface area contributed by atoms with E-state index in [0.29, 0.717) is 29.7 Å². The van der Waals surface area contributed by atoms with Crippen LogP contribution in [-0.2, 0) is 6.42 Å². The van der Waals surface area contributed by atoms with Crippen molar-refractivity contribution in [2.75, 3.05) is 7.11 Å². The summed E-state index contributed by atoms with van der Waals surface area (Å²) in [7, 11) is 1.50. The Bertz CT molecular complexity index is 349. The van der Waals surface area contributed by atoms with Gasteiger partial charge < -0.3 is 9.84 Å². The highest BCUT2D eigenvalue weighted by Gasteiger charge is 2.21. The smallest absolute Gasteiger partial charge is 0.130 e. The lowest BCUT2D eigenvalue weighted by molar-refractivity contribution is 0.155. The Balaban J connectivity index is 2.51. The van der Waals surface area contributed by atoms with E-state index in [0.717, 1.165) is 6.42 Å². The molecule has 1 aliphatic carbocycles. The van der Waals surface area contributed by atoms with Crippen molar-refractivity contribution in [3.8, 4) is 5.75 Å². The first-order valence-corrected chi connectivity index (χ1v) is 4.76. The van der Waals surface area contributed by atoms with Gasteiger partial charge in [-0.15, -0.1) is 0 Å². The number of fused-ring (bicyclic) bond motifs is 1. The lowest BCUT2D eigenvalue weighted by atomic mass is 9.89. The van der Waals surface area contributed by atoms with Gasteiger partial charge in [0.15, 0.2) is 0 Å². The van der Waals surface area contributed by atoms with Crippen molar-refractivity contribution in [3.05, 3.63) is 29.1 Å². The fourth-order valence-electron chi connectivity index (χ4n) is 1.94. The van der Waals surface area contributed by atoms with Crippen molar-refractivity contribution in [1.29, 1.82) is 0 Å². The molecule has 0 heterocycles. The highest BCUT2D eigenvalue weighted by atomic mass is 19.1. The normalized spacial score (nSPS) is 20.4. The fraction of sp³-hybridized carbons (Fsp3) is 0.455. The second kappa shape index (κ2) is 3.58. The van der Waals surface area contributed by atoms with Crippen molar-refractivity contribution in [2.24, 2.45) is 0 Å². The maximum Gasteiger partial charge on any atom is 0.130 e. The zero-order chi connectivity index (χ0) is 10.1. The maximum absolute atomic E-state index is 13.5.